The molecule has 0 aliphatic carbocycles. The van der Waals surface area contributed by atoms with Crippen LogP contribution in [0.3, 0.4) is 0 Å². The van der Waals surface area contributed by atoms with Crippen molar-refractivity contribution in [1.29, 1.82) is 5.41 Å². The molecule has 1 heterocycles. The Hall–Kier alpha value is -1.88. The topological polar surface area (TPSA) is 77.0 Å². The number of carbonyl (C=O) groups is 1. The maximum absolute atomic E-state index is 11.8. The molecule has 4 N–H and O–H groups in total. The molecule has 16 heavy (non-hydrogen) atoms. The Kier molecular flexibility index (Phi) is 2.87. The minimum Gasteiger partial charge on any atom is -0.367 e. The van der Waals surface area contributed by atoms with Crippen molar-refractivity contribution in [1.82, 2.24) is 5.32 Å². The van der Waals surface area contributed by atoms with E-state index < -0.39 is 5.92 Å². The third kappa shape index (κ3) is 1.77. The van der Waals surface area contributed by atoms with E-state index >= 15 is 0 Å². The first-order valence-corrected chi connectivity index (χ1v) is 5.10. The van der Waals surface area contributed by atoms with Crippen LogP contribution in [0.5, 0.6) is 0 Å². The fourth-order valence-electron chi connectivity index (χ4n) is 1.77. The zero-order valence-corrected chi connectivity index (χ0v) is 8.95. The van der Waals surface area contributed by atoms with Crippen LogP contribution in [0, 0.1) is 11.3 Å². The number of amides is 1. The van der Waals surface area contributed by atoms with E-state index in [0.29, 0.717) is 0 Å². The summed E-state index contributed by atoms with van der Waals surface area (Å²) in [5.74, 6) is -0.691. The van der Waals surface area contributed by atoms with E-state index in [2.05, 4.69) is 16.0 Å². The smallest absolute Gasteiger partial charge is 0.236 e. The molecule has 0 spiro atoms. The van der Waals surface area contributed by atoms with E-state index in [1.165, 1.54) is 0 Å². The van der Waals surface area contributed by atoms with Crippen molar-refractivity contribution in [2.75, 3.05) is 17.7 Å². The second-order valence-electron chi connectivity index (χ2n) is 3.64. The highest BCUT2D eigenvalue weighted by atomic mass is 16.2. The Balaban J connectivity index is 2.39. The number of fused-ring (bicyclic) bond motifs is 1. The molecule has 1 amide bonds. The zero-order valence-electron chi connectivity index (χ0n) is 8.95. The van der Waals surface area contributed by atoms with Gasteiger partial charge in [0.15, 0.2) is 0 Å². The minimum atomic E-state index is -0.516. The molecule has 0 bridgehead atoms. The average Bonchev–Trinajstić information content (AvgIpc) is 2.44. The van der Waals surface area contributed by atoms with Gasteiger partial charge in [0.1, 0.15) is 5.92 Å². The third-order valence-corrected chi connectivity index (χ3v) is 2.65. The summed E-state index contributed by atoms with van der Waals surface area (Å²) in [5.41, 5.74) is 1.61. The highest BCUT2D eigenvalue weighted by Gasteiger charge is 2.29. The molecular weight excluding hydrogens is 204 g/mol. The summed E-state index contributed by atoms with van der Waals surface area (Å²) >= 11 is 0. The molecule has 1 aromatic carbocycles. The summed E-state index contributed by atoms with van der Waals surface area (Å²) in [6.07, 6.45) is 0.885. The summed E-state index contributed by atoms with van der Waals surface area (Å²) in [5, 5.41) is 16.3. The molecule has 2 rings (SSSR count). The van der Waals surface area contributed by atoms with Crippen molar-refractivity contribution in [2.45, 2.75) is 6.17 Å². The number of hydrogen-bond donors (Lipinski definition) is 4. The predicted molar refractivity (Wildman–Crippen MR) is 63.8 cm³/mol. The van der Waals surface area contributed by atoms with Gasteiger partial charge in [-0.05, 0) is 19.2 Å². The van der Waals surface area contributed by atoms with Gasteiger partial charge in [-0.2, -0.15) is 0 Å². The summed E-state index contributed by atoms with van der Waals surface area (Å²) in [7, 11) is 1.76. The van der Waals surface area contributed by atoms with E-state index in [1.807, 2.05) is 24.3 Å². The van der Waals surface area contributed by atoms with Crippen LogP contribution in [0.25, 0.3) is 0 Å². The van der Waals surface area contributed by atoms with E-state index in [1.54, 1.807) is 7.05 Å². The molecule has 84 valence electrons. The fraction of sp³-hybridized carbons (Fsp3) is 0.273. The quantitative estimate of drug-likeness (QED) is 0.556. The SMILES string of the molecule is CNC1Nc2ccccc2NC(=O)C1C=N. The van der Waals surface area contributed by atoms with Crippen molar-refractivity contribution in [3.05, 3.63) is 24.3 Å². The van der Waals surface area contributed by atoms with Gasteiger partial charge in [0.25, 0.3) is 0 Å². The number of carbonyl (C=O) groups excluding carboxylic acids is 1. The first-order valence-electron chi connectivity index (χ1n) is 5.10. The van der Waals surface area contributed by atoms with Crippen LogP contribution in [-0.4, -0.2) is 25.3 Å². The summed E-state index contributed by atoms with van der Waals surface area (Å²) < 4.78 is 0. The Labute approximate surface area is 93.7 Å². The molecular formula is C11H14N4O. The number of anilines is 2. The van der Waals surface area contributed by atoms with Crippen LogP contribution in [0.1, 0.15) is 0 Å². The zero-order chi connectivity index (χ0) is 11.5. The van der Waals surface area contributed by atoms with Gasteiger partial charge in [-0.25, -0.2) is 0 Å². The van der Waals surface area contributed by atoms with Crippen molar-refractivity contribution in [3.63, 3.8) is 0 Å². The van der Waals surface area contributed by atoms with Gasteiger partial charge < -0.3 is 16.0 Å². The van der Waals surface area contributed by atoms with Crippen LogP contribution in [0.15, 0.2) is 24.3 Å². The van der Waals surface area contributed by atoms with E-state index in [0.717, 1.165) is 17.6 Å². The van der Waals surface area contributed by atoms with Crippen LogP contribution < -0.4 is 16.0 Å². The first-order chi connectivity index (χ1) is 7.76. The molecule has 1 aliphatic heterocycles. The van der Waals surface area contributed by atoms with Crippen molar-refractivity contribution >= 4 is 23.5 Å². The Morgan fingerprint density at radius 1 is 1.38 bits per heavy atom. The van der Waals surface area contributed by atoms with Gasteiger partial charge in [-0.15, -0.1) is 0 Å². The molecule has 5 heteroatoms. The predicted octanol–water partition coefficient (Wildman–Crippen LogP) is 0.862. The van der Waals surface area contributed by atoms with Crippen molar-refractivity contribution in [2.24, 2.45) is 5.92 Å². The van der Waals surface area contributed by atoms with Crippen molar-refractivity contribution in [3.8, 4) is 0 Å². The molecule has 0 fully saturated rings. The van der Waals surface area contributed by atoms with E-state index in [9.17, 15) is 4.79 Å². The van der Waals surface area contributed by atoms with E-state index in [4.69, 9.17) is 5.41 Å². The van der Waals surface area contributed by atoms with Gasteiger partial charge >= 0.3 is 0 Å². The average molecular weight is 218 g/mol. The molecule has 1 aliphatic rings. The number of benzene rings is 1. The number of hydrogen-bond acceptors (Lipinski definition) is 4. The van der Waals surface area contributed by atoms with Gasteiger partial charge in [-0.3, -0.25) is 10.1 Å². The summed E-state index contributed by atoms with van der Waals surface area (Å²) in [4.78, 5) is 11.8. The lowest BCUT2D eigenvalue weighted by molar-refractivity contribution is -0.118. The monoisotopic (exact) mass is 218 g/mol. The largest absolute Gasteiger partial charge is 0.367 e. The fourth-order valence-corrected chi connectivity index (χ4v) is 1.77. The molecule has 0 saturated heterocycles. The molecule has 1 aromatic rings. The molecule has 5 nitrogen and oxygen atoms in total. The lowest BCUT2D eigenvalue weighted by Gasteiger charge is -2.20. The summed E-state index contributed by atoms with van der Waals surface area (Å²) in [6.45, 7) is 0. The maximum Gasteiger partial charge on any atom is 0.236 e. The van der Waals surface area contributed by atoms with Crippen LogP contribution in [0.2, 0.25) is 0 Å². The number of para-hydroxylation sites is 2. The number of nitrogens with one attached hydrogen (secondary N) is 4. The highest BCUT2D eigenvalue weighted by Crippen LogP contribution is 2.26. The maximum atomic E-state index is 11.8. The second-order valence-corrected chi connectivity index (χ2v) is 3.64. The van der Waals surface area contributed by atoms with Crippen LogP contribution in [-0.2, 0) is 4.79 Å². The Morgan fingerprint density at radius 2 is 2.06 bits per heavy atom. The normalized spacial score (nSPS) is 23.7. The standard InChI is InChI=1S/C11H14N4O/c1-13-10-7(6-12)11(16)15-9-5-3-2-4-8(9)14-10/h2-7,10,12-14H,1H3,(H,15,16). The molecule has 0 aromatic heterocycles. The van der Waals surface area contributed by atoms with Crippen molar-refractivity contribution < 1.29 is 4.79 Å². The van der Waals surface area contributed by atoms with E-state index in [-0.39, 0.29) is 12.1 Å². The minimum absolute atomic E-state index is 0.174. The third-order valence-electron chi connectivity index (χ3n) is 2.65. The lowest BCUT2D eigenvalue weighted by Crippen LogP contribution is -2.44. The second kappa shape index (κ2) is 4.32. The summed E-state index contributed by atoms with van der Waals surface area (Å²) in [6, 6.07) is 7.49. The van der Waals surface area contributed by atoms with Gasteiger partial charge in [0.2, 0.25) is 5.91 Å². The number of rotatable bonds is 2. The molecule has 0 saturated carbocycles. The Bertz CT molecular complexity index is 418. The van der Waals surface area contributed by atoms with Crippen LogP contribution >= 0.6 is 0 Å². The Morgan fingerprint density at radius 3 is 2.69 bits per heavy atom. The molecule has 2 atom stereocenters. The van der Waals surface area contributed by atoms with Crippen LogP contribution in [0.4, 0.5) is 11.4 Å². The molecule has 0 radical (unpaired) electrons. The van der Waals surface area contributed by atoms with Gasteiger partial charge in [-0.1, -0.05) is 12.1 Å². The van der Waals surface area contributed by atoms with Gasteiger partial charge in [0.05, 0.1) is 17.5 Å². The highest BCUT2D eigenvalue weighted by molar-refractivity contribution is 6.05. The first kappa shape index (κ1) is 10.6. The lowest BCUT2D eigenvalue weighted by atomic mass is 10.1. The van der Waals surface area contributed by atoms with Gasteiger partial charge in [0, 0.05) is 6.21 Å². The molecule has 2 unspecified atom stereocenters.